The summed E-state index contributed by atoms with van der Waals surface area (Å²) < 4.78 is 10.2. The fourth-order valence-electron chi connectivity index (χ4n) is 1.03. The summed E-state index contributed by atoms with van der Waals surface area (Å²) >= 11 is 5.65. The molecule has 0 saturated carbocycles. The maximum atomic E-state index is 11.5. The summed E-state index contributed by atoms with van der Waals surface area (Å²) in [7, 11) is 0. The van der Waals surface area contributed by atoms with Crippen LogP contribution < -0.4 is 0 Å². The Labute approximate surface area is 99.5 Å². The van der Waals surface area contributed by atoms with E-state index in [1.54, 1.807) is 6.07 Å². The molecule has 0 atom stereocenters. The summed E-state index contributed by atoms with van der Waals surface area (Å²) in [6.07, 6.45) is 1.60. The molecule has 0 spiro atoms. The summed E-state index contributed by atoms with van der Waals surface area (Å²) in [6, 6.07) is 3.02. The molecule has 1 aromatic heterocycles. The monoisotopic (exact) mass is 243 g/mol. The minimum Gasteiger partial charge on any atom is -0.460 e. The lowest BCUT2D eigenvalue weighted by molar-refractivity contribution is 0.0177. The van der Waals surface area contributed by atoms with Gasteiger partial charge < -0.3 is 9.47 Å². The molecule has 1 aromatic rings. The Balaban J connectivity index is 2.35. The van der Waals surface area contributed by atoms with Crippen molar-refractivity contribution in [3.05, 3.63) is 29.0 Å². The number of halogens is 1. The highest BCUT2D eigenvalue weighted by Crippen LogP contribution is 2.08. The van der Waals surface area contributed by atoms with Gasteiger partial charge in [-0.2, -0.15) is 0 Å². The van der Waals surface area contributed by atoms with Crippen molar-refractivity contribution in [2.45, 2.75) is 20.0 Å². The first-order chi connectivity index (χ1) is 7.59. The normalized spacial score (nSPS) is 10.5. The van der Waals surface area contributed by atoms with Crippen LogP contribution in [0.4, 0.5) is 0 Å². The second-order valence-electron chi connectivity index (χ2n) is 3.42. The molecule has 0 aliphatic carbocycles. The third kappa shape index (κ3) is 4.59. The predicted octanol–water partition coefficient (Wildman–Crippen LogP) is 2.32. The molecule has 0 aromatic carbocycles. The molecule has 4 nitrogen and oxygen atoms in total. The molecule has 0 aliphatic rings. The lowest BCUT2D eigenvalue weighted by Crippen LogP contribution is -2.13. The molecular weight excluding hydrogens is 230 g/mol. The van der Waals surface area contributed by atoms with Crippen molar-refractivity contribution < 1.29 is 14.3 Å². The summed E-state index contributed by atoms with van der Waals surface area (Å²) in [5.74, 6) is -0.420. The molecule has 16 heavy (non-hydrogen) atoms. The quantitative estimate of drug-likeness (QED) is 0.452. The van der Waals surface area contributed by atoms with Gasteiger partial charge in [0.05, 0.1) is 18.3 Å². The van der Waals surface area contributed by atoms with Crippen LogP contribution >= 0.6 is 11.6 Å². The topological polar surface area (TPSA) is 48.4 Å². The molecule has 88 valence electrons. The van der Waals surface area contributed by atoms with E-state index in [9.17, 15) is 4.79 Å². The smallest absolute Gasteiger partial charge is 0.338 e. The number of esters is 1. The number of carbonyl (C=O) groups excluding carboxylic acids is 1. The zero-order valence-corrected chi connectivity index (χ0v) is 10.0. The second kappa shape index (κ2) is 6.45. The molecule has 0 N–H and O–H groups in total. The van der Waals surface area contributed by atoms with E-state index in [-0.39, 0.29) is 17.9 Å². The van der Waals surface area contributed by atoms with Gasteiger partial charge in [0.25, 0.3) is 0 Å². The van der Waals surface area contributed by atoms with Gasteiger partial charge in [-0.25, -0.2) is 9.78 Å². The number of aromatic nitrogens is 1. The molecule has 0 fully saturated rings. The van der Waals surface area contributed by atoms with Gasteiger partial charge in [0.2, 0.25) is 0 Å². The Morgan fingerprint density at radius 2 is 2.25 bits per heavy atom. The Morgan fingerprint density at radius 1 is 1.50 bits per heavy atom. The summed E-state index contributed by atoms with van der Waals surface area (Å²) in [4.78, 5) is 15.3. The highest BCUT2D eigenvalue weighted by molar-refractivity contribution is 6.29. The number of pyridine rings is 1. The van der Waals surface area contributed by atoms with Crippen molar-refractivity contribution in [3.63, 3.8) is 0 Å². The molecule has 0 bridgehead atoms. The fourth-order valence-corrected chi connectivity index (χ4v) is 1.20. The molecule has 0 unspecified atom stereocenters. The number of ether oxygens (including phenoxy) is 2. The largest absolute Gasteiger partial charge is 0.460 e. The van der Waals surface area contributed by atoms with Gasteiger partial charge in [-0.05, 0) is 26.0 Å². The van der Waals surface area contributed by atoms with E-state index in [1.165, 1.54) is 12.3 Å². The van der Waals surface area contributed by atoms with Crippen LogP contribution in [0.1, 0.15) is 24.2 Å². The first kappa shape index (κ1) is 12.9. The van der Waals surface area contributed by atoms with Crippen LogP contribution in [-0.4, -0.2) is 30.3 Å². The van der Waals surface area contributed by atoms with Gasteiger partial charge in [0, 0.05) is 6.20 Å². The third-order valence-corrected chi connectivity index (χ3v) is 1.94. The Bertz CT molecular complexity index is 355. The van der Waals surface area contributed by atoms with Crippen LogP contribution in [0.15, 0.2) is 18.3 Å². The standard InChI is InChI=1S/C11H14ClNO3/c1-8(2)15-5-6-16-11(14)9-3-4-13-10(12)7-9/h3-4,7-8H,5-6H2,1-2H3. The summed E-state index contributed by atoms with van der Waals surface area (Å²) in [6.45, 7) is 4.47. The SMILES string of the molecule is CC(C)OCCOC(=O)c1ccnc(Cl)c1. The van der Waals surface area contributed by atoms with E-state index < -0.39 is 5.97 Å². The van der Waals surface area contributed by atoms with Crippen molar-refractivity contribution >= 4 is 17.6 Å². The van der Waals surface area contributed by atoms with E-state index in [1.807, 2.05) is 13.8 Å². The van der Waals surface area contributed by atoms with Crippen molar-refractivity contribution in [1.29, 1.82) is 0 Å². The van der Waals surface area contributed by atoms with Crippen LogP contribution in [-0.2, 0) is 9.47 Å². The molecule has 0 aliphatic heterocycles. The molecule has 1 heterocycles. The Morgan fingerprint density at radius 3 is 2.88 bits per heavy atom. The van der Waals surface area contributed by atoms with E-state index in [4.69, 9.17) is 21.1 Å². The molecule has 0 amide bonds. The van der Waals surface area contributed by atoms with Gasteiger partial charge in [0.1, 0.15) is 11.8 Å². The lowest BCUT2D eigenvalue weighted by Gasteiger charge is -2.08. The second-order valence-corrected chi connectivity index (χ2v) is 3.81. The number of carbonyl (C=O) groups is 1. The van der Waals surface area contributed by atoms with Crippen LogP contribution in [0, 0.1) is 0 Å². The first-order valence-electron chi connectivity index (χ1n) is 5.00. The van der Waals surface area contributed by atoms with Gasteiger partial charge in [-0.1, -0.05) is 11.6 Å². The maximum absolute atomic E-state index is 11.5. The van der Waals surface area contributed by atoms with Crippen molar-refractivity contribution in [3.8, 4) is 0 Å². The maximum Gasteiger partial charge on any atom is 0.338 e. The molecule has 0 radical (unpaired) electrons. The third-order valence-electron chi connectivity index (χ3n) is 1.73. The molecule has 0 saturated heterocycles. The zero-order valence-electron chi connectivity index (χ0n) is 9.27. The van der Waals surface area contributed by atoms with Crippen molar-refractivity contribution in [2.24, 2.45) is 0 Å². The Hall–Kier alpha value is -1.13. The number of hydrogen-bond acceptors (Lipinski definition) is 4. The van der Waals surface area contributed by atoms with E-state index in [0.717, 1.165) is 0 Å². The minimum absolute atomic E-state index is 0.133. The van der Waals surface area contributed by atoms with Crippen LogP contribution in [0.3, 0.4) is 0 Å². The van der Waals surface area contributed by atoms with E-state index >= 15 is 0 Å². The average molecular weight is 244 g/mol. The fraction of sp³-hybridized carbons (Fsp3) is 0.455. The molecule has 1 rings (SSSR count). The van der Waals surface area contributed by atoms with E-state index in [2.05, 4.69) is 4.98 Å². The lowest BCUT2D eigenvalue weighted by atomic mass is 10.3. The molecule has 5 heteroatoms. The van der Waals surface area contributed by atoms with Gasteiger partial charge >= 0.3 is 5.97 Å². The first-order valence-corrected chi connectivity index (χ1v) is 5.37. The Kier molecular flexibility index (Phi) is 5.22. The molecular formula is C11H14ClNO3. The highest BCUT2D eigenvalue weighted by Gasteiger charge is 2.07. The van der Waals surface area contributed by atoms with Crippen LogP contribution in [0.5, 0.6) is 0 Å². The van der Waals surface area contributed by atoms with Crippen LogP contribution in [0.2, 0.25) is 5.15 Å². The van der Waals surface area contributed by atoms with E-state index in [0.29, 0.717) is 12.2 Å². The number of hydrogen-bond donors (Lipinski definition) is 0. The average Bonchev–Trinajstić information content (AvgIpc) is 2.24. The van der Waals surface area contributed by atoms with Crippen molar-refractivity contribution in [2.75, 3.05) is 13.2 Å². The minimum atomic E-state index is -0.420. The van der Waals surface area contributed by atoms with Gasteiger partial charge in [-0.3, -0.25) is 0 Å². The van der Waals surface area contributed by atoms with Gasteiger partial charge in [0.15, 0.2) is 0 Å². The zero-order chi connectivity index (χ0) is 12.0. The summed E-state index contributed by atoms with van der Waals surface area (Å²) in [5.41, 5.74) is 0.393. The van der Waals surface area contributed by atoms with Crippen LogP contribution in [0.25, 0.3) is 0 Å². The number of rotatable bonds is 5. The highest BCUT2D eigenvalue weighted by atomic mass is 35.5. The summed E-state index contributed by atoms with van der Waals surface area (Å²) in [5, 5.41) is 0.271. The predicted molar refractivity (Wildman–Crippen MR) is 60.6 cm³/mol. The number of nitrogens with zero attached hydrogens (tertiary/aromatic N) is 1. The van der Waals surface area contributed by atoms with Crippen molar-refractivity contribution in [1.82, 2.24) is 4.98 Å². The van der Waals surface area contributed by atoms with Gasteiger partial charge in [-0.15, -0.1) is 0 Å².